The van der Waals surface area contributed by atoms with Crippen LogP contribution in [0.5, 0.6) is 5.75 Å². The molecule has 0 saturated carbocycles. The Morgan fingerprint density at radius 2 is 1.65 bits per heavy atom. The molecule has 26 heavy (non-hydrogen) atoms. The minimum Gasteiger partial charge on any atom is -0.497 e. The number of thioether (sulfide) groups is 1. The third kappa shape index (κ3) is 3.84. The summed E-state index contributed by atoms with van der Waals surface area (Å²) in [5.41, 5.74) is 3.12. The molecule has 1 aliphatic heterocycles. The minimum absolute atomic E-state index is 0.0925. The number of ether oxygens (including phenoxy) is 1. The first-order valence-corrected chi connectivity index (χ1v) is 9.54. The molecule has 0 N–H and O–H groups in total. The maximum atomic E-state index is 12.8. The third-order valence-corrected chi connectivity index (χ3v) is 5.50. The van der Waals surface area contributed by atoms with Gasteiger partial charge in [0, 0.05) is 0 Å². The second kappa shape index (κ2) is 7.25. The number of anilines is 1. The van der Waals surface area contributed by atoms with E-state index in [0.717, 1.165) is 17.0 Å². The standard InChI is InChI=1S/C21H21NO2S2/c1-21(2,3)15-7-5-14(6-8-15)13-18-19(23)22(20(25)26-18)16-9-11-17(24-4)12-10-16/h5-13H,1-4H3/b18-13+. The zero-order valence-electron chi connectivity index (χ0n) is 15.3. The summed E-state index contributed by atoms with van der Waals surface area (Å²) in [4.78, 5) is 15.0. The van der Waals surface area contributed by atoms with Crippen molar-refractivity contribution in [1.29, 1.82) is 0 Å². The summed E-state index contributed by atoms with van der Waals surface area (Å²) in [6.07, 6.45) is 1.90. The van der Waals surface area contributed by atoms with Crippen molar-refractivity contribution >= 4 is 46.0 Å². The van der Waals surface area contributed by atoms with Crippen LogP contribution in [-0.4, -0.2) is 17.3 Å². The Labute approximate surface area is 164 Å². The number of thiocarbonyl (C=S) groups is 1. The summed E-state index contributed by atoms with van der Waals surface area (Å²) in [6.45, 7) is 6.55. The molecule has 2 aromatic carbocycles. The number of nitrogens with zero attached hydrogens (tertiary/aromatic N) is 1. The summed E-state index contributed by atoms with van der Waals surface area (Å²) in [7, 11) is 1.61. The van der Waals surface area contributed by atoms with Gasteiger partial charge in [-0.3, -0.25) is 9.69 Å². The van der Waals surface area contributed by atoms with Gasteiger partial charge in [0.15, 0.2) is 4.32 Å². The molecule has 0 bridgehead atoms. The molecule has 0 aliphatic carbocycles. The van der Waals surface area contributed by atoms with Gasteiger partial charge in [-0.2, -0.15) is 0 Å². The lowest BCUT2D eigenvalue weighted by Gasteiger charge is -2.18. The van der Waals surface area contributed by atoms with E-state index in [4.69, 9.17) is 17.0 Å². The van der Waals surface area contributed by atoms with Crippen LogP contribution in [0, 0.1) is 0 Å². The maximum Gasteiger partial charge on any atom is 0.270 e. The molecular formula is C21H21NO2S2. The number of rotatable bonds is 3. The lowest BCUT2D eigenvalue weighted by Crippen LogP contribution is -2.27. The smallest absolute Gasteiger partial charge is 0.270 e. The van der Waals surface area contributed by atoms with Crippen molar-refractivity contribution in [3.05, 3.63) is 64.6 Å². The van der Waals surface area contributed by atoms with E-state index in [9.17, 15) is 4.79 Å². The molecule has 1 amide bonds. The summed E-state index contributed by atoms with van der Waals surface area (Å²) >= 11 is 6.75. The van der Waals surface area contributed by atoms with Crippen molar-refractivity contribution in [3.8, 4) is 5.75 Å². The summed E-state index contributed by atoms with van der Waals surface area (Å²) in [5.74, 6) is 0.652. The fourth-order valence-corrected chi connectivity index (χ4v) is 3.95. The third-order valence-electron chi connectivity index (χ3n) is 4.20. The molecule has 0 spiro atoms. The number of hydrogen-bond donors (Lipinski definition) is 0. The van der Waals surface area contributed by atoms with E-state index in [2.05, 4.69) is 32.9 Å². The van der Waals surface area contributed by atoms with E-state index in [-0.39, 0.29) is 11.3 Å². The molecule has 1 saturated heterocycles. The highest BCUT2D eigenvalue weighted by molar-refractivity contribution is 8.27. The second-order valence-electron chi connectivity index (χ2n) is 7.09. The number of hydrogen-bond acceptors (Lipinski definition) is 4. The van der Waals surface area contributed by atoms with Crippen molar-refractivity contribution in [1.82, 2.24) is 0 Å². The Kier molecular flexibility index (Phi) is 5.21. The van der Waals surface area contributed by atoms with Gasteiger partial charge in [-0.1, -0.05) is 69.0 Å². The molecule has 0 atom stereocenters. The first kappa shape index (κ1) is 18.7. The molecule has 134 valence electrons. The highest BCUT2D eigenvalue weighted by Crippen LogP contribution is 2.36. The van der Waals surface area contributed by atoms with Crippen LogP contribution in [0.15, 0.2) is 53.4 Å². The van der Waals surface area contributed by atoms with Gasteiger partial charge in [0.1, 0.15) is 5.75 Å². The van der Waals surface area contributed by atoms with E-state index in [1.807, 2.05) is 42.5 Å². The van der Waals surface area contributed by atoms with Crippen molar-refractivity contribution in [2.75, 3.05) is 12.0 Å². The number of benzene rings is 2. The Morgan fingerprint density at radius 1 is 1.04 bits per heavy atom. The molecule has 3 nitrogen and oxygen atoms in total. The largest absolute Gasteiger partial charge is 0.497 e. The molecule has 0 unspecified atom stereocenters. The van der Waals surface area contributed by atoms with Crippen LogP contribution in [0.3, 0.4) is 0 Å². The van der Waals surface area contributed by atoms with Gasteiger partial charge in [-0.15, -0.1) is 0 Å². The van der Waals surface area contributed by atoms with Crippen molar-refractivity contribution in [2.24, 2.45) is 0 Å². The van der Waals surface area contributed by atoms with E-state index in [0.29, 0.717) is 9.23 Å². The van der Waals surface area contributed by atoms with Gasteiger partial charge in [0.2, 0.25) is 0 Å². The second-order valence-corrected chi connectivity index (χ2v) is 8.76. The lowest BCUT2D eigenvalue weighted by atomic mass is 9.87. The van der Waals surface area contributed by atoms with Crippen LogP contribution in [-0.2, 0) is 10.2 Å². The van der Waals surface area contributed by atoms with E-state index < -0.39 is 0 Å². The number of carbonyl (C=O) groups is 1. The number of amides is 1. The van der Waals surface area contributed by atoms with Gasteiger partial charge >= 0.3 is 0 Å². The minimum atomic E-state index is -0.0925. The van der Waals surface area contributed by atoms with E-state index >= 15 is 0 Å². The predicted octanol–water partition coefficient (Wildman–Crippen LogP) is 5.40. The zero-order chi connectivity index (χ0) is 18.9. The molecule has 3 rings (SSSR count). The number of methoxy groups -OCH3 is 1. The average Bonchev–Trinajstić information content (AvgIpc) is 2.88. The summed E-state index contributed by atoms with van der Waals surface area (Å²) < 4.78 is 5.71. The molecule has 1 heterocycles. The van der Waals surface area contributed by atoms with Gasteiger partial charge in [-0.05, 0) is 46.9 Å². The maximum absolute atomic E-state index is 12.8. The summed E-state index contributed by atoms with van der Waals surface area (Å²) in [6, 6.07) is 15.6. The molecule has 0 aromatic heterocycles. The SMILES string of the molecule is COc1ccc(N2C(=O)/C(=C\c3ccc(C(C)(C)C)cc3)SC2=S)cc1. The molecule has 5 heteroatoms. The Balaban J connectivity index is 1.84. The highest BCUT2D eigenvalue weighted by atomic mass is 32.2. The van der Waals surface area contributed by atoms with Crippen LogP contribution in [0.25, 0.3) is 6.08 Å². The van der Waals surface area contributed by atoms with Crippen LogP contribution in [0.4, 0.5) is 5.69 Å². The Hall–Kier alpha value is -2.11. The van der Waals surface area contributed by atoms with Crippen LogP contribution in [0.2, 0.25) is 0 Å². The first-order valence-electron chi connectivity index (χ1n) is 8.32. The molecule has 0 radical (unpaired) electrons. The normalized spacial score (nSPS) is 16.5. The lowest BCUT2D eigenvalue weighted by molar-refractivity contribution is -0.113. The number of carbonyl (C=O) groups excluding carboxylic acids is 1. The zero-order valence-corrected chi connectivity index (χ0v) is 16.9. The van der Waals surface area contributed by atoms with Gasteiger partial charge in [-0.25, -0.2) is 0 Å². The highest BCUT2D eigenvalue weighted by Gasteiger charge is 2.33. The monoisotopic (exact) mass is 383 g/mol. The van der Waals surface area contributed by atoms with Crippen LogP contribution >= 0.6 is 24.0 Å². The molecular weight excluding hydrogens is 362 g/mol. The quantitative estimate of drug-likeness (QED) is 0.524. The molecule has 1 fully saturated rings. The molecule has 2 aromatic rings. The van der Waals surface area contributed by atoms with Crippen molar-refractivity contribution in [2.45, 2.75) is 26.2 Å². The van der Waals surface area contributed by atoms with Gasteiger partial charge in [0.25, 0.3) is 5.91 Å². The fraction of sp³-hybridized carbons (Fsp3) is 0.238. The predicted molar refractivity (Wildman–Crippen MR) is 114 cm³/mol. The van der Waals surface area contributed by atoms with Gasteiger partial charge in [0.05, 0.1) is 17.7 Å². The van der Waals surface area contributed by atoms with Crippen LogP contribution < -0.4 is 9.64 Å². The van der Waals surface area contributed by atoms with Crippen molar-refractivity contribution < 1.29 is 9.53 Å². The Morgan fingerprint density at radius 3 is 2.19 bits per heavy atom. The van der Waals surface area contributed by atoms with E-state index in [1.165, 1.54) is 17.3 Å². The van der Waals surface area contributed by atoms with Gasteiger partial charge < -0.3 is 4.74 Å². The van der Waals surface area contributed by atoms with Crippen molar-refractivity contribution in [3.63, 3.8) is 0 Å². The topological polar surface area (TPSA) is 29.5 Å². The first-order chi connectivity index (χ1) is 12.3. The summed E-state index contributed by atoms with van der Waals surface area (Å²) in [5, 5.41) is 0. The molecule has 1 aliphatic rings. The van der Waals surface area contributed by atoms with E-state index in [1.54, 1.807) is 12.0 Å². The Bertz CT molecular complexity index is 862. The fourth-order valence-electron chi connectivity index (χ4n) is 2.65. The van der Waals surface area contributed by atoms with Crippen LogP contribution in [0.1, 0.15) is 31.9 Å². The average molecular weight is 384 g/mol.